The van der Waals surface area contributed by atoms with Gasteiger partial charge in [-0.3, -0.25) is 0 Å². The van der Waals surface area contributed by atoms with E-state index in [9.17, 15) is 17.7 Å². The van der Waals surface area contributed by atoms with Crippen LogP contribution < -0.4 is 5.46 Å². The van der Waals surface area contributed by atoms with Gasteiger partial charge in [0.1, 0.15) is 0 Å². The number of carbonyl (C=O) groups is 1. The van der Waals surface area contributed by atoms with Gasteiger partial charge < -0.3 is 22.1 Å². The van der Waals surface area contributed by atoms with Crippen LogP contribution in [-0.2, 0) is 4.74 Å². The fourth-order valence-electron chi connectivity index (χ4n) is 1.53. The van der Waals surface area contributed by atoms with Crippen LogP contribution in [0.2, 0.25) is 0 Å². The van der Waals surface area contributed by atoms with Crippen LogP contribution in [-0.4, -0.2) is 28.9 Å². The number of carbonyl (C=O) groups excluding carboxylic acids is 1. The maximum atomic E-state index is 12.5. The zero-order chi connectivity index (χ0) is 13.3. The van der Waals surface area contributed by atoms with Crippen molar-refractivity contribution in [2.24, 2.45) is 0 Å². The Kier molecular flexibility index (Phi) is 3.02. The van der Waals surface area contributed by atoms with Crippen LogP contribution in [0, 0.1) is 0 Å². The molecule has 8 heteroatoms. The van der Waals surface area contributed by atoms with Gasteiger partial charge in [0.15, 0.2) is 5.69 Å². The van der Waals surface area contributed by atoms with E-state index in [1.165, 1.54) is 10.5 Å². The van der Waals surface area contributed by atoms with Gasteiger partial charge in [-0.05, 0) is 19.2 Å². The molecule has 2 aromatic rings. The zero-order valence-electron chi connectivity index (χ0n) is 9.44. The van der Waals surface area contributed by atoms with Gasteiger partial charge in [-0.2, -0.15) is 0 Å². The number of ether oxygens (including phenoxy) is 1. The molecule has 0 unspecified atom stereocenters. The van der Waals surface area contributed by atoms with Crippen molar-refractivity contribution in [2.45, 2.75) is 6.92 Å². The molecule has 0 radical (unpaired) electrons. The summed E-state index contributed by atoms with van der Waals surface area (Å²) in [6, 6.07) is 2.24. The van der Waals surface area contributed by atoms with Crippen LogP contribution in [0.1, 0.15) is 17.4 Å². The largest absolute Gasteiger partial charge is 0.511 e. The molecule has 0 fully saturated rings. The zero-order valence-corrected chi connectivity index (χ0v) is 9.44. The van der Waals surface area contributed by atoms with E-state index in [0.29, 0.717) is 0 Å². The lowest BCUT2D eigenvalue weighted by Gasteiger charge is -2.10. The lowest BCUT2D eigenvalue weighted by Crippen LogP contribution is -2.32. The Bertz CT molecular complexity index is 594. The lowest BCUT2D eigenvalue weighted by atomic mass is 9.82. The number of aromatic nitrogens is 2. The van der Waals surface area contributed by atoms with Gasteiger partial charge in [0.2, 0.25) is 0 Å². The van der Waals surface area contributed by atoms with Crippen molar-refractivity contribution < 1.29 is 22.5 Å². The molecular formula is C10H9BF3N2O2-. The van der Waals surface area contributed by atoms with Crippen molar-refractivity contribution in [3.8, 4) is 0 Å². The fourth-order valence-corrected chi connectivity index (χ4v) is 1.53. The predicted octanol–water partition coefficient (Wildman–Crippen LogP) is 1.57. The molecule has 0 bridgehead atoms. The average Bonchev–Trinajstić information content (AvgIpc) is 2.71. The number of esters is 1. The van der Waals surface area contributed by atoms with E-state index in [-0.39, 0.29) is 17.8 Å². The quantitative estimate of drug-likeness (QED) is 0.619. The Hall–Kier alpha value is -1.99. The van der Waals surface area contributed by atoms with Crippen LogP contribution in [0.25, 0.3) is 5.52 Å². The van der Waals surface area contributed by atoms with Crippen LogP contribution in [0.15, 0.2) is 24.7 Å². The summed E-state index contributed by atoms with van der Waals surface area (Å²) in [4.78, 5) is 15.1. The predicted molar refractivity (Wildman–Crippen MR) is 59.9 cm³/mol. The third-order valence-corrected chi connectivity index (χ3v) is 2.37. The molecule has 0 atom stereocenters. The molecule has 2 aromatic heterocycles. The van der Waals surface area contributed by atoms with E-state index in [2.05, 4.69) is 4.98 Å². The molecule has 0 amide bonds. The molecule has 0 aromatic carbocycles. The van der Waals surface area contributed by atoms with E-state index in [1.54, 1.807) is 6.92 Å². The summed E-state index contributed by atoms with van der Waals surface area (Å²) in [5.41, 5.74) is -0.483. The van der Waals surface area contributed by atoms with E-state index < -0.39 is 18.4 Å². The third kappa shape index (κ3) is 2.32. The Morgan fingerprint density at radius 1 is 1.44 bits per heavy atom. The molecule has 18 heavy (non-hydrogen) atoms. The van der Waals surface area contributed by atoms with Gasteiger partial charge in [0.25, 0.3) is 0 Å². The van der Waals surface area contributed by atoms with Crippen molar-refractivity contribution in [1.29, 1.82) is 0 Å². The molecular weight excluding hydrogens is 248 g/mol. The Labute approximate surface area is 100 Å². The van der Waals surface area contributed by atoms with Gasteiger partial charge in [-0.1, -0.05) is 11.5 Å². The van der Waals surface area contributed by atoms with Crippen LogP contribution in [0.5, 0.6) is 0 Å². The highest BCUT2D eigenvalue weighted by Gasteiger charge is 2.27. The Morgan fingerprint density at radius 2 is 2.17 bits per heavy atom. The maximum absolute atomic E-state index is 12.5. The highest BCUT2D eigenvalue weighted by Crippen LogP contribution is 2.13. The summed E-state index contributed by atoms with van der Waals surface area (Å²) in [6.45, 7) is -3.24. The minimum atomic E-state index is -5.06. The van der Waals surface area contributed by atoms with E-state index in [0.717, 1.165) is 18.6 Å². The summed E-state index contributed by atoms with van der Waals surface area (Å²) in [7, 11) is 0. The first kappa shape index (κ1) is 12.5. The summed E-state index contributed by atoms with van der Waals surface area (Å²) in [5, 5.41) is 0. The summed E-state index contributed by atoms with van der Waals surface area (Å²) < 4.78 is 43.6. The fraction of sp³-hybridized carbons (Fsp3) is 0.200. The minimum absolute atomic E-state index is 0.0105. The molecule has 96 valence electrons. The molecule has 0 aliphatic carbocycles. The average molecular weight is 257 g/mol. The van der Waals surface area contributed by atoms with Crippen molar-refractivity contribution in [1.82, 2.24) is 9.38 Å². The Morgan fingerprint density at radius 3 is 2.78 bits per heavy atom. The maximum Gasteiger partial charge on any atom is 0.511 e. The van der Waals surface area contributed by atoms with Crippen LogP contribution in [0.3, 0.4) is 0 Å². The van der Waals surface area contributed by atoms with E-state index >= 15 is 0 Å². The topological polar surface area (TPSA) is 43.6 Å². The molecule has 0 saturated heterocycles. The number of nitrogens with zero attached hydrogens (tertiary/aromatic N) is 2. The van der Waals surface area contributed by atoms with Crippen LogP contribution in [0.4, 0.5) is 12.9 Å². The van der Waals surface area contributed by atoms with Crippen molar-refractivity contribution in [3.05, 3.63) is 30.4 Å². The lowest BCUT2D eigenvalue weighted by molar-refractivity contribution is 0.0519. The number of hydrogen-bond donors (Lipinski definition) is 0. The second-order valence-corrected chi connectivity index (χ2v) is 3.67. The van der Waals surface area contributed by atoms with Gasteiger partial charge in [-0.25, -0.2) is 9.78 Å². The Balaban J connectivity index is 2.43. The second kappa shape index (κ2) is 4.36. The SMILES string of the molecule is CCOC(=O)c1cc2cc([B-](F)(F)F)cn2cn1. The first-order valence-corrected chi connectivity index (χ1v) is 5.26. The van der Waals surface area contributed by atoms with Crippen LogP contribution >= 0.6 is 0 Å². The number of halogens is 3. The van der Waals surface area contributed by atoms with Crippen molar-refractivity contribution >= 4 is 23.9 Å². The van der Waals surface area contributed by atoms with Crippen molar-refractivity contribution in [2.75, 3.05) is 6.61 Å². The second-order valence-electron chi connectivity index (χ2n) is 3.67. The van der Waals surface area contributed by atoms with Gasteiger partial charge in [0, 0.05) is 5.52 Å². The third-order valence-electron chi connectivity index (χ3n) is 2.37. The summed E-state index contributed by atoms with van der Waals surface area (Å²) >= 11 is 0. The first-order chi connectivity index (χ1) is 8.41. The normalized spacial score (nSPS) is 11.8. The molecule has 2 heterocycles. The van der Waals surface area contributed by atoms with Gasteiger partial charge >= 0.3 is 12.9 Å². The van der Waals surface area contributed by atoms with Crippen molar-refractivity contribution in [3.63, 3.8) is 0 Å². The van der Waals surface area contributed by atoms with Gasteiger partial charge in [0.05, 0.1) is 12.9 Å². The number of hydrogen-bond acceptors (Lipinski definition) is 3. The molecule has 0 spiro atoms. The highest BCUT2D eigenvalue weighted by molar-refractivity contribution is 6.73. The number of fused-ring (bicyclic) bond motifs is 1. The monoisotopic (exact) mass is 257 g/mol. The molecule has 4 nitrogen and oxygen atoms in total. The summed E-state index contributed by atoms with van der Waals surface area (Å²) in [6.07, 6.45) is 2.10. The molecule has 0 aliphatic rings. The number of rotatable bonds is 3. The standard InChI is InChI=1S/C10H9BF3N2O2/c1-2-18-10(17)9-4-8-3-7(11(12,13)14)5-16(8)6-15-9/h3-6H,2H2,1H3/q-1. The minimum Gasteiger partial charge on any atom is -0.461 e. The summed E-state index contributed by atoms with van der Waals surface area (Å²) in [5.74, 6) is -0.653. The van der Waals surface area contributed by atoms with E-state index in [4.69, 9.17) is 4.74 Å². The molecule has 2 rings (SSSR count). The smallest absolute Gasteiger partial charge is 0.461 e. The molecule has 0 saturated carbocycles. The van der Waals surface area contributed by atoms with E-state index in [1.807, 2.05) is 0 Å². The molecule has 0 aliphatic heterocycles. The highest BCUT2D eigenvalue weighted by atomic mass is 19.4. The molecule has 0 N–H and O–H groups in total. The van der Waals surface area contributed by atoms with Gasteiger partial charge in [-0.15, -0.1) is 0 Å². The first-order valence-electron chi connectivity index (χ1n) is 5.26.